The highest BCUT2D eigenvalue weighted by Gasteiger charge is 2.17. The van der Waals surface area contributed by atoms with Crippen molar-refractivity contribution in [1.29, 1.82) is 0 Å². The number of nitrogens with one attached hydrogen (secondary N) is 1. The summed E-state index contributed by atoms with van der Waals surface area (Å²) >= 11 is 6.84. The number of carbonyl (C=O) groups is 1. The molecule has 1 N–H and O–H groups in total. The van der Waals surface area contributed by atoms with E-state index in [1.165, 1.54) is 0 Å². The maximum atomic E-state index is 12.6. The van der Waals surface area contributed by atoms with Crippen LogP contribution in [-0.4, -0.2) is 15.3 Å². The van der Waals surface area contributed by atoms with E-state index in [4.69, 9.17) is 0 Å². The van der Waals surface area contributed by atoms with E-state index < -0.39 is 0 Å². The maximum absolute atomic E-state index is 12.6. The molecule has 21 heavy (non-hydrogen) atoms. The smallest absolute Gasteiger partial charge is 0.274 e. The summed E-state index contributed by atoms with van der Waals surface area (Å²) in [7, 11) is 0. The van der Waals surface area contributed by atoms with Crippen LogP contribution in [0, 0.1) is 6.92 Å². The fourth-order valence-electron chi connectivity index (χ4n) is 2.15. The molecule has 1 amide bonds. The van der Waals surface area contributed by atoms with E-state index >= 15 is 0 Å². The van der Waals surface area contributed by atoms with Crippen molar-refractivity contribution in [1.82, 2.24) is 9.38 Å². The van der Waals surface area contributed by atoms with Gasteiger partial charge in [-0.1, -0.05) is 12.1 Å². The Morgan fingerprint density at radius 3 is 2.71 bits per heavy atom. The van der Waals surface area contributed by atoms with Gasteiger partial charge in [0.15, 0.2) is 0 Å². The van der Waals surface area contributed by atoms with Crippen LogP contribution in [0.15, 0.2) is 51.5 Å². The number of hydrogen-bond acceptors (Lipinski definition) is 2. The first-order valence-electron chi connectivity index (χ1n) is 6.26. The van der Waals surface area contributed by atoms with Crippen LogP contribution in [0.3, 0.4) is 0 Å². The molecular weight excluding hydrogens is 398 g/mol. The van der Waals surface area contributed by atoms with Crippen LogP contribution in [0.5, 0.6) is 0 Å². The lowest BCUT2D eigenvalue weighted by Gasteiger charge is -2.08. The number of benzene rings is 1. The highest BCUT2D eigenvalue weighted by atomic mass is 79.9. The summed E-state index contributed by atoms with van der Waals surface area (Å²) < 4.78 is 3.51. The highest BCUT2D eigenvalue weighted by Crippen LogP contribution is 2.23. The Morgan fingerprint density at radius 1 is 1.19 bits per heavy atom. The van der Waals surface area contributed by atoms with E-state index in [9.17, 15) is 4.79 Å². The molecule has 0 saturated carbocycles. The molecule has 0 radical (unpaired) electrons. The molecule has 0 spiro atoms. The topological polar surface area (TPSA) is 46.4 Å². The first-order chi connectivity index (χ1) is 10.1. The minimum absolute atomic E-state index is 0.190. The van der Waals surface area contributed by atoms with Crippen LogP contribution in [0.25, 0.3) is 5.65 Å². The summed E-state index contributed by atoms with van der Waals surface area (Å²) in [6.45, 7) is 1.83. The molecule has 0 aliphatic carbocycles. The molecule has 0 saturated heterocycles. The lowest BCUT2D eigenvalue weighted by Crippen LogP contribution is -2.15. The molecule has 2 heterocycles. The second-order valence-electron chi connectivity index (χ2n) is 4.56. The van der Waals surface area contributed by atoms with Crippen LogP contribution >= 0.6 is 31.9 Å². The zero-order chi connectivity index (χ0) is 15.0. The number of rotatable bonds is 2. The van der Waals surface area contributed by atoms with Crippen molar-refractivity contribution in [2.75, 3.05) is 5.32 Å². The van der Waals surface area contributed by atoms with Crippen molar-refractivity contribution in [2.24, 2.45) is 0 Å². The number of halogens is 2. The second-order valence-corrected chi connectivity index (χ2v) is 6.33. The minimum Gasteiger partial charge on any atom is -0.320 e. The molecule has 3 aromatic rings. The number of aromatic nitrogens is 2. The van der Waals surface area contributed by atoms with Gasteiger partial charge in [-0.25, -0.2) is 4.98 Å². The number of aryl methyl sites for hydroxylation is 1. The number of fused-ring (bicyclic) bond motifs is 1. The predicted octanol–water partition coefficient (Wildman–Crippen LogP) is 4.42. The molecule has 4 nitrogen and oxygen atoms in total. The van der Waals surface area contributed by atoms with Gasteiger partial charge in [0.05, 0.1) is 11.4 Å². The second kappa shape index (κ2) is 5.61. The van der Waals surface area contributed by atoms with Gasteiger partial charge in [0, 0.05) is 15.1 Å². The van der Waals surface area contributed by atoms with E-state index in [-0.39, 0.29) is 5.91 Å². The number of para-hydroxylation sites is 1. The Labute approximate surface area is 138 Å². The summed E-state index contributed by atoms with van der Waals surface area (Å²) in [5.74, 6) is -0.190. The average molecular weight is 409 g/mol. The van der Waals surface area contributed by atoms with Gasteiger partial charge >= 0.3 is 0 Å². The maximum Gasteiger partial charge on any atom is 0.274 e. The van der Waals surface area contributed by atoms with Crippen molar-refractivity contribution in [3.63, 3.8) is 0 Å². The third-order valence-electron chi connectivity index (χ3n) is 3.09. The number of amides is 1. The molecule has 0 aliphatic rings. The molecule has 2 aromatic heterocycles. The first-order valence-corrected chi connectivity index (χ1v) is 7.85. The molecule has 1 aromatic carbocycles. The zero-order valence-corrected chi connectivity index (χ0v) is 14.3. The average Bonchev–Trinajstić information content (AvgIpc) is 2.76. The molecule has 0 atom stereocenters. The molecule has 6 heteroatoms. The summed E-state index contributed by atoms with van der Waals surface area (Å²) in [6.07, 6.45) is 1.84. The Bertz CT molecular complexity index is 842. The van der Waals surface area contributed by atoms with Gasteiger partial charge in [0.1, 0.15) is 11.3 Å². The van der Waals surface area contributed by atoms with Crippen LogP contribution in [0.4, 0.5) is 5.69 Å². The molecule has 0 fully saturated rings. The van der Waals surface area contributed by atoms with Gasteiger partial charge in [-0.05, 0) is 63.0 Å². The van der Waals surface area contributed by atoms with Crippen molar-refractivity contribution in [3.8, 4) is 0 Å². The van der Waals surface area contributed by atoms with Crippen molar-refractivity contribution >= 4 is 49.1 Å². The van der Waals surface area contributed by atoms with E-state index in [0.717, 1.165) is 20.3 Å². The van der Waals surface area contributed by atoms with E-state index in [2.05, 4.69) is 42.2 Å². The van der Waals surface area contributed by atoms with E-state index in [1.54, 1.807) is 4.40 Å². The van der Waals surface area contributed by atoms with Crippen LogP contribution < -0.4 is 5.32 Å². The molecule has 0 aliphatic heterocycles. The zero-order valence-electron chi connectivity index (χ0n) is 11.1. The van der Waals surface area contributed by atoms with Gasteiger partial charge < -0.3 is 5.32 Å². The van der Waals surface area contributed by atoms with Crippen LogP contribution in [-0.2, 0) is 0 Å². The number of carbonyl (C=O) groups excluding carboxylic acids is 1. The summed E-state index contributed by atoms with van der Waals surface area (Å²) in [4.78, 5) is 17.0. The first kappa shape index (κ1) is 14.3. The number of hydrogen-bond donors (Lipinski definition) is 1. The van der Waals surface area contributed by atoms with Crippen molar-refractivity contribution < 1.29 is 4.79 Å². The number of imidazole rings is 1. The summed E-state index contributed by atoms with van der Waals surface area (Å²) in [6, 6.07) is 11.3. The van der Waals surface area contributed by atoms with Gasteiger partial charge in [0.25, 0.3) is 5.91 Å². The summed E-state index contributed by atoms with van der Waals surface area (Å²) in [5.41, 5.74) is 2.69. The molecule has 3 rings (SSSR count). The number of anilines is 1. The Balaban J connectivity index is 2.04. The largest absolute Gasteiger partial charge is 0.320 e. The minimum atomic E-state index is -0.190. The molecule has 0 bridgehead atoms. The fraction of sp³-hybridized carbons (Fsp3) is 0.0667. The Hall–Kier alpha value is -1.66. The molecule has 0 unspecified atom stereocenters. The monoisotopic (exact) mass is 407 g/mol. The van der Waals surface area contributed by atoms with E-state index in [0.29, 0.717) is 11.4 Å². The Kier molecular flexibility index (Phi) is 3.82. The predicted molar refractivity (Wildman–Crippen MR) is 89.7 cm³/mol. The van der Waals surface area contributed by atoms with Gasteiger partial charge in [-0.3, -0.25) is 9.20 Å². The molecular formula is C15H11Br2N3O. The highest BCUT2D eigenvalue weighted by molar-refractivity contribution is 9.10. The third-order valence-corrected chi connectivity index (χ3v) is 4.25. The van der Waals surface area contributed by atoms with Crippen LogP contribution in [0.2, 0.25) is 0 Å². The van der Waals surface area contributed by atoms with Crippen molar-refractivity contribution in [2.45, 2.75) is 6.92 Å². The van der Waals surface area contributed by atoms with Gasteiger partial charge in [-0.15, -0.1) is 0 Å². The standard InChI is InChI=1S/C15H11Br2N3O/c1-9-14(20-8-10(16)6-7-13(20)18-9)15(21)19-12-5-3-2-4-11(12)17/h2-8H,1H3,(H,19,21). The van der Waals surface area contributed by atoms with Gasteiger partial charge in [0.2, 0.25) is 0 Å². The van der Waals surface area contributed by atoms with Crippen molar-refractivity contribution in [3.05, 3.63) is 62.9 Å². The number of pyridine rings is 1. The summed E-state index contributed by atoms with van der Waals surface area (Å²) in [5, 5.41) is 2.90. The Morgan fingerprint density at radius 2 is 1.95 bits per heavy atom. The van der Waals surface area contributed by atoms with E-state index in [1.807, 2.05) is 49.5 Å². The fourth-order valence-corrected chi connectivity index (χ4v) is 2.87. The lowest BCUT2D eigenvalue weighted by molar-refractivity contribution is 0.102. The number of nitrogens with zero attached hydrogens (tertiary/aromatic N) is 2. The van der Waals surface area contributed by atoms with Crippen LogP contribution in [0.1, 0.15) is 16.2 Å². The normalized spacial score (nSPS) is 10.8. The lowest BCUT2D eigenvalue weighted by atomic mass is 10.3. The van der Waals surface area contributed by atoms with Gasteiger partial charge in [-0.2, -0.15) is 0 Å². The molecule has 106 valence electrons. The third kappa shape index (κ3) is 2.73. The SMILES string of the molecule is Cc1nc2ccc(Br)cn2c1C(=O)Nc1ccccc1Br. The quantitative estimate of drug-likeness (QED) is 0.682.